The molecule has 0 saturated heterocycles. The van der Waals surface area contributed by atoms with Crippen molar-refractivity contribution >= 4 is 5.97 Å². The maximum atomic E-state index is 11.5. The zero-order valence-corrected chi connectivity index (χ0v) is 11.2. The van der Waals surface area contributed by atoms with Gasteiger partial charge < -0.3 is 4.74 Å². The molecule has 2 aromatic rings. The minimum atomic E-state index is -0.215. The van der Waals surface area contributed by atoms with E-state index in [0.717, 1.165) is 5.56 Å². The molecule has 0 bridgehead atoms. The van der Waals surface area contributed by atoms with E-state index in [2.05, 4.69) is 12.1 Å². The SMILES string of the molecule is CC(C)OC(=O)C[n+]1ccc(-c2ccccc2)cc1. The van der Waals surface area contributed by atoms with Crippen molar-refractivity contribution in [3.8, 4) is 11.1 Å². The first kappa shape index (κ1) is 13.3. The lowest BCUT2D eigenvalue weighted by atomic mass is 10.1. The van der Waals surface area contributed by atoms with Crippen molar-refractivity contribution in [2.24, 2.45) is 0 Å². The molecule has 98 valence electrons. The lowest BCUT2D eigenvalue weighted by Gasteiger charge is -2.05. The molecule has 0 unspecified atom stereocenters. The van der Waals surface area contributed by atoms with Gasteiger partial charge in [0.15, 0.2) is 12.4 Å². The van der Waals surface area contributed by atoms with Crippen LogP contribution in [0, 0.1) is 0 Å². The number of carbonyl (C=O) groups excluding carboxylic acids is 1. The molecule has 0 radical (unpaired) electrons. The van der Waals surface area contributed by atoms with Gasteiger partial charge >= 0.3 is 5.97 Å². The molecule has 19 heavy (non-hydrogen) atoms. The highest BCUT2D eigenvalue weighted by molar-refractivity contribution is 5.68. The van der Waals surface area contributed by atoms with Crippen LogP contribution in [0.1, 0.15) is 13.8 Å². The zero-order chi connectivity index (χ0) is 13.7. The van der Waals surface area contributed by atoms with Crippen LogP contribution in [0.25, 0.3) is 11.1 Å². The maximum Gasteiger partial charge on any atom is 0.372 e. The largest absolute Gasteiger partial charge is 0.458 e. The van der Waals surface area contributed by atoms with Gasteiger partial charge in [-0.3, -0.25) is 0 Å². The minimum Gasteiger partial charge on any atom is -0.458 e. The van der Waals surface area contributed by atoms with E-state index in [1.807, 2.05) is 61.1 Å². The molecule has 0 fully saturated rings. The zero-order valence-electron chi connectivity index (χ0n) is 11.2. The standard InChI is InChI=1S/C16H18NO2/c1-13(2)19-16(18)12-17-10-8-15(9-11-17)14-6-4-3-5-7-14/h3-11,13H,12H2,1-2H3/q+1. The fourth-order valence-electron chi connectivity index (χ4n) is 1.84. The van der Waals surface area contributed by atoms with Crippen LogP contribution < -0.4 is 4.57 Å². The topological polar surface area (TPSA) is 30.2 Å². The maximum absolute atomic E-state index is 11.5. The monoisotopic (exact) mass is 256 g/mol. The Morgan fingerprint density at radius 1 is 1.05 bits per heavy atom. The van der Waals surface area contributed by atoms with Crippen molar-refractivity contribution in [1.82, 2.24) is 0 Å². The number of hydrogen-bond acceptors (Lipinski definition) is 2. The van der Waals surface area contributed by atoms with Gasteiger partial charge in [-0.15, -0.1) is 0 Å². The van der Waals surface area contributed by atoms with Crippen LogP contribution in [-0.2, 0) is 16.1 Å². The lowest BCUT2D eigenvalue weighted by Crippen LogP contribution is -2.38. The molecule has 3 nitrogen and oxygen atoms in total. The molecule has 0 spiro atoms. The molecule has 0 atom stereocenters. The summed E-state index contributed by atoms with van der Waals surface area (Å²) in [5.41, 5.74) is 2.30. The van der Waals surface area contributed by atoms with E-state index in [4.69, 9.17) is 4.74 Å². The molecule has 0 aliphatic carbocycles. The van der Waals surface area contributed by atoms with Crippen LogP contribution in [-0.4, -0.2) is 12.1 Å². The smallest absolute Gasteiger partial charge is 0.372 e. The summed E-state index contributed by atoms with van der Waals surface area (Å²) in [5.74, 6) is -0.215. The Bertz CT molecular complexity index is 532. The summed E-state index contributed by atoms with van der Waals surface area (Å²) in [7, 11) is 0. The number of pyridine rings is 1. The van der Waals surface area contributed by atoms with Crippen LogP contribution in [0.15, 0.2) is 54.9 Å². The van der Waals surface area contributed by atoms with Gasteiger partial charge in [0.2, 0.25) is 6.54 Å². The molecule has 0 aliphatic heterocycles. The van der Waals surface area contributed by atoms with E-state index in [1.165, 1.54) is 5.56 Å². The first-order chi connectivity index (χ1) is 9.15. The molecule has 1 heterocycles. The summed E-state index contributed by atoms with van der Waals surface area (Å²) in [6.45, 7) is 3.94. The number of nitrogens with zero attached hydrogens (tertiary/aromatic N) is 1. The van der Waals surface area contributed by atoms with Gasteiger partial charge in [-0.05, 0) is 25.0 Å². The van der Waals surface area contributed by atoms with E-state index < -0.39 is 0 Å². The number of carbonyl (C=O) groups is 1. The van der Waals surface area contributed by atoms with Crippen LogP contribution in [0.2, 0.25) is 0 Å². The number of ether oxygens (including phenoxy) is 1. The second-order valence-electron chi connectivity index (χ2n) is 4.66. The van der Waals surface area contributed by atoms with Crippen LogP contribution in [0.5, 0.6) is 0 Å². The Morgan fingerprint density at radius 3 is 2.21 bits per heavy atom. The molecular formula is C16H18NO2+. The number of hydrogen-bond donors (Lipinski definition) is 0. The third-order valence-corrected chi connectivity index (χ3v) is 2.68. The Kier molecular flexibility index (Phi) is 4.29. The Hall–Kier alpha value is -2.16. The summed E-state index contributed by atoms with van der Waals surface area (Å²) >= 11 is 0. The van der Waals surface area contributed by atoms with Crippen molar-refractivity contribution in [3.05, 3.63) is 54.9 Å². The summed E-state index contributed by atoms with van der Waals surface area (Å²) in [4.78, 5) is 11.5. The first-order valence-electron chi connectivity index (χ1n) is 6.39. The molecule has 1 aromatic heterocycles. The minimum absolute atomic E-state index is 0.0725. The van der Waals surface area contributed by atoms with Gasteiger partial charge in [0.1, 0.15) is 0 Å². The average Bonchev–Trinajstić information content (AvgIpc) is 2.39. The van der Waals surface area contributed by atoms with E-state index in [1.54, 1.807) is 0 Å². The van der Waals surface area contributed by atoms with Crippen molar-refractivity contribution in [1.29, 1.82) is 0 Å². The van der Waals surface area contributed by atoms with Gasteiger partial charge in [0.25, 0.3) is 0 Å². The molecule has 2 rings (SSSR count). The van der Waals surface area contributed by atoms with E-state index in [-0.39, 0.29) is 18.6 Å². The fourth-order valence-corrected chi connectivity index (χ4v) is 1.84. The molecule has 0 N–H and O–H groups in total. The van der Waals surface area contributed by atoms with E-state index >= 15 is 0 Å². The molecule has 1 aromatic carbocycles. The highest BCUT2D eigenvalue weighted by Crippen LogP contribution is 2.16. The predicted molar refractivity (Wildman–Crippen MR) is 73.3 cm³/mol. The normalized spacial score (nSPS) is 10.5. The van der Waals surface area contributed by atoms with E-state index in [9.17, 15) is 4.79 Å². The fraction of sp³-hybridized carbons (Fsp3) is 0.250. The van der Waals surface area contributed by atoms with Gasteiger partial charge in [0.05, 0.1) is 6.10 Å². The lowest BCUT2D eigenvalue weighted by molar-refractivity contribution is -0.686. The van der Waals surface area contributed by atoms with Gasteiger partial charge in [-0.1, -0.05) is 30.3 Å². The first-order valence-corrected chi connectivity index (χ1v) is 6.39. The summed E-state index contributed by atoms with van der Waals surface area (Å²) in [6.07, 6.45) is 3.71. The van der Waals surface area contributed by atoms with Gasteiger partial charge in [-0.2, -0.15) is 4.57 Å². The molecule has 0 amide bonds. The number of rotatable bonds is 4. The summed E-state index contributed by atoms with van der Waals surface area (Å²) in [5, 5.41) is 0. The highest BCUT2D eigenvalue weighted by atomic mass is 16.5. The third kappa shape index (κ3) is 3.91. The Morgan fingerprint density at radius 2 is 1.63 bits per heavy atom. The van der Waals surface area contributed by atoms with Crippen molar-refractivity contribution in [2.75, 3.05) is 0 Å². The van der Waals surface area contributed by atoms with Crippen molar-refractivity contribution < 1.29 is 14.1 Å². The van der Waals surface area contributed by atoms with Crippen LogP contribution in [0.3, 0.4) is 0 Å². The molecule has 0 saturated carbocycles. The van der Waals surface area contributed by atoms with E-state index in [0.29, 0.717) is 0 Å². The van der Waals surface area contributed by atoms with Gasteiger partial charge in [0, 0.05) is 12.1 Å². The predicted octanol–water partition coefficient (Wildman–Crippen LogP) is 2.59. The summed E-state index contributed by atoms with van der Waals surface area (Å²) < 4.78 is 6.93. The highest BCUT2D eigenvalue weighted by Gasteiger charge is 2.12. The molecule has 3 heteroatoms. The quantitative estimate of drug-likeness (QED) is 0.621. The third-order valence-electron chi connectivity index (χ3n) is 2.68. The van der Waals surface area contributed by atoms with Crippen molar-refractivity contribution in [3.63, 3.8) is 0 Å². The van der Waals surface area contributed by atoms with Crippen LogP contribution in [0.4, 0.5) is 0 Å². The van der Waals surface area contributed by atoms with Crippen molar-refractivity contribution in [2.45, 2.75) is 26.5 Å². The second kappa shape index (κ2) is 6.14. The summed E-state index contributed by atoms with van der Waals surface area (Å²) in [6, 6.07) is 14.1. The second-order valence-corrected chi connectivity index (χ2v) is 4.66. The van der Waals surface area contributed by atoms with Gasteiger partial charge in [-0.25, -0.2) is 4.79 Å². The molecule has 0 aliphatic rings. The number of esters is 1. The molecular weight excluding hydrogens is 238 g/mol. The Labute approximate surface area is 113 Å². The number of benzene rings is 1. The number of aromatic nitrogens is 1. The Balaban J connectivity index is 2.05. The average molecular weight is 256 g/mol. The van der Waals surface area contributed by atoms with Crippen LogP contribution >= 0.6 is 0 Å².